The molecule has 1 fully saturated rings. The fraction of sp³-hybridized carbons (Fsp3) is 0.706. The van der Waals surface area contributed by atoms with Crippen LogP contribution < -0.4 is 20.3 Å². The maximum absolute atomic E-state index is 12.7. The lowest BCUT2D eigenvalue weighted by atomic mass is 10.0. The maximum Gasteiger partial charge on any atom is 0.242 e. The molecule has 26 heavy (non-hydrogen) atoms. The topological polar surface area (TPSA) is 109 Å². The fourth-order valence-corrected chi connectivity index (χ4v) is 2.67. The molecule has 0 spiro atoms. The van der Waals surface area contributed by atoms with E-state index in [0.717, 1.165) is 0 Å². The molecule has 3 N–H and O–H groups in total. The summed E-state index contributed by atoms with van der Waals surface area (Å²) in [6.45, 7) is 4.50. The molecule has 2 rings (SSSR count). The molecule has 1 amide bonds. The summed E-state index contributed by atoms with van der Waals surface area (Å²) in [5, 5.41) is 15.7. The minimum Gasteiger partial charge on any atom is -0.481 e. The molecule has 1 aromatic rings. The van der Waals surface area contributed by atoms with Gasteiger partial charge in [0.05, 0.1) is 19.8 Å². The Bertz CT molecular complexity index is 611. The van der Waals surface area contributed by atoms with Crippen molar-refractivity contribution in [2.45, 2.75) is 45.1 Å². The van der Waals surface area contributed by atoms with Crippen molar-refractivity contribution in [3.05, 3.63) is 6.07 Å². The largest absolute Gasteiger partial charge is 0.481 e. The third-order valence-corrected chi connectivity index (χ3v) is 4.07. The summed E-state index contributed by atoms with van der Waals surface area (Å²) in [5.41, 5.74) is 0. The molecule has 9 nitrogen and oxygen atoms in total. The zero-order valence-electron chi connectivity index (χ0n) is 16.0. The van der Waals surface area contributed by atoms with Crippen molar-refractivity contribution in [2.24, 2.45) is 5.92 Å². The summed E-state index contributed by atoms with van der Waals surface area (Å²) >= 11 is 0. The summed E-state index contributed by atoms with van der Waals surface area (Å²) in [5.74, 6) is 1.46. The zero-order valence-corrected chi connectivity index (χ0v) is 16.0. The first kappa shape index (κ1) is 20.2. The molecule has 3 unspecified atom stereocenters. The normalized spacial score (nSPS) is 20.7. The summed E-state index contributed by atoms with van der Waals surface area (Å²) in [4.78, 5) is 23.3. The van der Waals surface area contributed by atoms with Crippen molar-refractivity contribution in [1.82, 2.24) is 15.3 Å². The van der Waals surface area contributed by atoms with Crippen LogP contribution in [0.25, 0.3) is 0 Å². The van der Waals surface area contributed by atoms with Gasteiger partial charge in [0.1, 0.15) is 11.9 Å². The molecule has 3 atom stereocenters. The zero-order chi connectivity index (χ0) is 19.3. The minimum atomic E-state index is -0.966. The molecular formula is C17H29N5O4. The van der Waals surface area contributed by atoms with Crippen LogP contribution in [0.5, 0.6) is 5.88 Å². The highest BCUT2D eigenvalue weighted by Crippen LogP contribution is 2.20. The molecule has 1 aliphatic rings. The lowest BCUT2D eigenvalue weighted by Crippen LogP contribution is -2.48. The van der Waals surface area contributed by atoms with E-state index in [2.05, 4.69) is 20.6 Å². The van der Waals surface area contributed by atoms with Gasteiger partial charge in [0.15, 0.2) is 6.29 Å². The molecule has 1 aromatic heterocycles. The van der Waals surface area contributed by atoms with Gasteiger partial charge in [-0.05, 0) is 18.8 Å². The molecule has 0 bridgehead atoms. The fourth-order valence-electron chi connectivity index (χ4n) is 2.67. The number of nitrogens with zero attached hydrogens (tertiary/aromatic N) is 3. The van der Waals surface area contributed by atoms with Crippen molar-refractivity contribution in [2.75, 3.05) is 38.0 Å². The molecule has 146 valence electrons. The number of rotatable bonds is 8. The van der Waals surface area contributed by atoms with E-state index in [4.69, 9.17) is 9.47 Å². The molecule has 2 heterocycles. The van der Waals surface area contributed by atoms with Crippen LogP contribution >= 0.6 is 0 Å². The van der Waals surface area contributed by atoms with E-state index >= 15 is 0 Å². The van der Waals surface area contributed by atoms with Crippen molar-refractivity contribution >= 4 is 17.7 Å². The summed E-state index contributed by atoms with van der Waals surface area (Å²) in [6, 6.07) is 0.780. The van der Waals surface area contributed by atoms with E-state index in [1.54, 1.807) is 6.07 Å². The van der Waals surface area contributed by atoms with E-state index in [1.807, 2.05) is 32.8 Å². The smallest absolute Gasteiger partial charge is 0.242 e. The van der Waals surface area contributed by atoms with E-state index < -0.39 is 18.4 Å². The van der Waals surface area contributed by atoms with E-state index in [1.165, 1.54) is 7.11 Å². The third-order valence-electron chi connectivity index (χ3n) is 4.07. The van der Waals surface area contributed by atoms with Crippen LogP contribution in [0.4, 0.5) is 11.8 Å². The Hall–Kier alpha value is -2.13. The number of hydrogen-bond acceptors (Lipinski definition) is 8. The molecule has 0 aromatic carbocycles. The molecule has 9 heteroatoms. The Morgan fingerprint density at radius 3 is 2.73 bits per heavy atom. The number of nitrogens with one attached hydrogen (secondary N) is 2. The highest BCUT2D eigenvalue weighted by atomic mass is 16.6. The number of carbonyl (C=O) groups excluding carboxylic acids is 1. The van der Waals surface area contributed by atoms with Crippen LogP contribution in [0.15, 0.2) is 6.07 Å². The van der Waals surface area contributed by atoms with Crippen LogP contribution in [0.3, 0.4) is 0 Å². The lowest BCUT2D eigenvalue weighted by molar-refractivity contribution is -0.126. The van der Waals surface area contributed by atoms with Crippen molar-refractivity contribution in [3.63, 3.8) is 0 Å². The molecule has 1 aliphatic heterocycles. The number of anilines is 2. The van der Waals surface area contributed by atoms with Gasteiger partial charge in [-0.2, -0.15) is 9.97 Å². The van der Waals surface area contributed by atoms with E-state index in [9.17, 15) is 9.90 Å². The number of hydrogen-bond donors (Lipinski definition) is 3. The van der Waals surface area contributed by atoms with Crippen molar-refractivity contribution in [1.29, 1.82) is 0 Å². The van der Waals surface area contributed by atoms with Crippen molar-refractivity contribution < 1.29 is 19.4 Å². The van der Waals surface area contributed by atoms with Crippen LogP contribution in [0.1, 0.15) is 26.7 Å². The second kappa shape index (κ2) is 9.00. The molecule has 0 radical (unpaired) electrons. The highest BCUT2D eigenvalue weighted by Gasteiger charge is 2.30. The van der Waals surface area contributed by atoms with Gasteiger partial charge in [-0.3, -0.25) is 4.79 Å². The predicted octanol–water partition coefficient (Wildman–Crippen LogP) is 0.601. The second-order valence-electron chi connectivity index (χ2n) is 6.98. The van der Waals surface area contributed by atoms with Gasteiger partial charge in [-0.25, -0.2) is 0 Å². The summed E-state index contributed by atoms with van der Waals surface area (Å²) in [7, 11) is 5.27. The van der Waals surface area contributed by atoms with Gasteiger partial charge in [0.25, 0.3) is 0 Å². The van der Waals surface area contributed by atoms with E-state index in [-0.39, 0.29) is 11.8 Å². The standard InChI is InChI=1S/C17H29N5O4/c1-10(2)8-12(15(23)18-11-6-7-26-16(11)24)19-17-20-13(22(3)4)9-14(21-17)25-5/h9-12,16,24H,6-8H2,1-5H3,(H,18,23)(H,19,20,21). The van der Waals surface area contributed by atoms with Crippen LogP contribution in [-0.4, -0.2) is 67.2 Å². The number of aromatic nitrogens is 2. The van der Waals surface area contributed by atoms with Crippen LogP contribution in [0.2, 0.25) is 0 Å². The van der Waals surface area contributed by atoms with Gasteiger partial charge >= 0.3 is 0 Å². The number of carbonyl (C=O) groups is 1. The average Bonchev–Trinajstić information content (AvgIpc) is 2.98. The van der Waals surface area contributed by atoms with Gasteiger partial charge in [0, 0.05) is 20.2 Å². The Balaban J connectivity index is 2.16. The highest BCUT2D eigenvalue weighted by molar-refractivity contribution is 5.84. The third kappa shape index (κ3) is 5.43. The maximum atomic E-state index is 12.7. The SMILES string of the molecule is COc1cc(N(C)C)nc(NC(CC(C)C)C(=O)NC2CCOC2O)n1. The Labute approximate surface area is 154 Å². The Morgan fingerprint density at radius 2 is 2.19 bits per heavy atom. The summed E-state index contributed by atoms with van der Waals surface area (Å²) < 4.78 is 10.3. The number of aliphatic hydroxyl groups excluding tert-OH is 1. The second-order valence-corrected chi connectivity index (χ2v) is 6.98. The quantitative estimate of drug-likeness (QED) is 0.613. The number of methoxy groups -OCH3 is 1. The van der Waals surface area contributed by atoms with Crippen molar-refractivity contribution in [3.8, 4) is 5.88 Å². The van der Waals surface area contributed by atoms with Gasteiger partial charge in [0.2, 0.25) is 17.7 Å². The van der Waals surface area contributed by atoms with Gasteiger partial charge in [-0.15, -0.1) is 0 Å². The number of amides is 1. The average molecular weight is 367 g/mol. The van der Waals surface area contributed by atoms with Gasteiger partial charge in [-0.1, -0.05) is 13.8 Å². The Morgan fingerprint density at radius 1 is 1.46 bits per heavy atom. The lowest BCUT2D eigenvalue weighted by Gasteiger charge is -2.24. The first-order valence-electron chi connectivity index (χ1n) is 8.77. The predicted molar refractivity (Wildman–Crippen MR) is 98.3 cm³/mol. The van der Waals surface area contributed by atoms with Crippen LogP contribution in [0, 0.1) is 5.92 Å². The van der Waals surface area contributed by atoms with Crippen LogP contribution in [-0.2, 0) is 9.53 Å². The minimum absolute atomic E-state index is 0.217. The first-order chi connectivity index (χ1) is 12.3. The number of aliphatic hydroxyl groups is 1. The van der Waals surface area contributed by atoms with Gasteiger partial charge < -0.3 is 30.1 Å². The molecule has 1 saturated heterocycles. The first-order valence-corrected chi connectivity index (χ1v) is 8.77. The monoisotopic (exact) mass is 367 g/mol. The molecular weight excluding hydrogens is 338 g/mol. The summed E-state index contributed by atoms with van der Waals surface area (Å²) in [6.07, 6.45) is 0.210. The number of ether oxygens (including phenoxy) is 2. The Kier molecular flexibility index (Phi) is 6.98. The molecule has 0 saturated carbocycles. The molecule has 0 aliphatic carbocycles. The van der Waals surface area contributed by atoms with E-state index in [0.29, 0.717) is 37.1 Å².